The number of carboxylic acids is 1. The molecule has 3 N–H and O–H groups in total. The molecule has 32 heavy (non-hydrogen) atoms. The fourth-order valence-corrected chi connectivity index (χ4v) is 3.83. The van der Waals surface area contributed by atoms with E-state index in [0.717, 1.165) is 45.6 Å². The molecule has 9 nitrogen and oxygen atoms in total. The van der Waals surface area contributed by atoms with Crippen LogP contribution in [0.5, 0.6) is 0 Å². The molecule has 1 aromatic carbocycles. The number of rotatable bonds is 6. The minimum absolute atomic E-state index is 0.0295. The number of piperazine rings is 1. The highest BCUT2D eigenvalue weighted by Crippen LogP contribution is 2.15. The molecule has 0 radical (unpaired) electrons. The number of nitrogens with zero attached hydrogens (tertiary/aromatic N) is 3. The zero-order valence-corrected chi connectivity index (χ0v) is 19.3. The molecule has 176 valence electrons. The third-order valence-corrected chi connectivity index (χ3v) is 5.39. The quantitative estimate of drug-likeness (QED) is 0.453. The van der Waals surface area contributed by atoms with Crippen molar-refractivity contribution in [3.63, 3.8) is 0 Å². The van der Waals surface area contributed by atoms with Crippen LogP contribution in [0.3, 0.4) is 0 Å². The van der Waals surface area contributed by atoms with Crippen molar-refractivity contribution in [2.24, 2.45) is 4.99 Å². The van der Waals surface area contributed by atoms with Gasteiger partial charge in [-0.15, -0.1) is 0 Å². The zero-order valence-electron chi connectivity index (χ0n) is 19.3. The molecule has 0 bridgehead atoms. The highest BCUT2D eigenvalue weighted by Gasteiger charge is 2.24. The molecule has 0 unspecified atom stereocenters. The van der Waals surface area contributed by atoms with Gasteiger partial charge in [-0.2, -0.15) is 0 Å². The first-order valence-corrected chi connectivity index (χ1v) is 11.2. The molecule has 0 spiro atoms. The Balaban J connectivity index is 1.63. The first-order valence-electron chi connectivity index (χ1n) is 11.2. The molecule has 2 aliphatic heterocycles. The van der Waals surface area contributed by atoms with Crippen molar-refractivity contribution in [2.45, 2.75) is 45.3 Å². The van der Waals surface area contributed by atoms with E-state index in [0.29, 0.717) is 24.7 Å². The van der Waals surface area contributed by atoms with Crippen LogP contribution < -0.4 is 10.6 Å². The second kappa shape index (κ2) is 10.8. The maximum atomic E-state index is 12.3. The van der Waals surface area contributed by atoms with E-state index >= 15 is 0 Å². The highest BCUT2D eigenvalue weighted by atomic mass is 16.5. The fraction of sp³-hybridized carbons (Fsp3) is 0.609. The van der Waals surface area contributed by atoms with Crippen molar-refractivity contribution < 1.29 is 19.4 Å². The van der Waals surface area contributed by atoms with E-state index in [2.05, 4.69) is 20.4 Å². The number of hydrogen-bond acceptors (Lipinski definition) is 5. The van der Waals surface area contributed by atoms with Crippen LogP contribution in [0.15, 0.2) is 29.3 Å². The van der Waals surface area contributed by atoms with E-state index in [1.807, 2.05) is 26.8 Å². The number of benzene rings is 1. The van der Waals surface area contributed by atoms with Gasteiger partial charge in [-0.05, 0) is 51.8 Å². The Labute approximate surface area is 189 Å². The lowest BCUT2D eigenvalue weighted by Gasteiger charge is -2.36. The number of anilines is 1. The number of aromatic carboxylic acids is 1. The van der Waals surface area contributed by atoms with Crippen LogP contribution in [0.4, 0.5) is 5.69 Å². The van der Waals surface area contributed by atoms with Gasteiger partial charge in [0, 0.05) is 44.0 Å². The van der Waals surface area contributed by atoms with Crippen molar-refractivity contribution in [2.75, 3.05) is 51.2 Å². The van der Waals surface area contributed by atoms with Gasteiger partial charge in [0.15, 0.2) is 5.96 Å². The van der Waals surface area contributed by atoms with Crippen LogP contribution in [0.25, 0.3) is 0 Å². The lowest BCUT2D eigenvalue weighted by atomic mass is 10.1. The standard InChI is InChI=1S/C23H35N5O4/c1-23(2,3)26-20(29)16-27-9-11-28(12-10-27)22(24-15-19-8-5-13-32-19)25-18-7-4-6-17(14-18)21(30)31/h4,6-7,14,19H,5,8-13,15-16H2,1-3H3,(H,24,25)(H,26,29)(H,30,31)/t19-/m0/s1. The van der Waals surface area contributed by atoms with Gasteiger partial charge in [0.1, 0.15) is 0 Å². The topological polar surface area (TPSA) is 107 Å². The van der Waals surface area contributed by atoms with Gasteiger partial charge in [0.2, 0.25) is 5.91 Å². The number of amides is 1. The van der Waals surface area contributed by atoms with Crippen LogP contribution in [-0.2, 0) is 9.53 Å². The summed E-state index contributed by atoms with van der Waals surface area (Å²) < 4.78 is 5.71. The van der Waals surface area contributed by atoms with E-state index in [1.165, 1.54) is 0 Å². The fourth-order valence-electron chi connectivity index (χ4n) is 3.83. The smallest absolute Gasteiger partial charge is 0.335 e. The molecule has 0 aromatic heterocycles. The molecular weight excluding hydrogens is 410 g/mol. The Morgan fingerprint density at radius 1 is 1.22 bits per heavy atom. The summed E-state index contributed by atoms with van der Waals surface area (Å²) in [5, 5.41) is 15.6. The molecule has 1 atom stereocenters. The zero-order chi connectivity index (χ0) is 23.1. The summed E-state index contributed by atoms with van der Waals surface area (Å²) in [5.74, 6) is -0.225. The molecule has 2 aliphatic rings. The predicted octanol–water partition coefficient (Wildman–Crippen LogP) is 1.86. The first-order chi connectivity index (χ1) is 15.2. The molecule has 1 amide bonds. The van der Waals surface area contributed by atoms with Crippen molar-refractivity contribution in [3.8, 4) is 0 Å². The molecule has 3 rings (SSSR count). The average Bonchev–Trinajstić information content (AvgIpc) is 3.24. The Kier molecular flexibility index (Phi) is 8.09. The van der Waals surface area contributed by atoms with E-state index in [9.17, 15) is 14.7 Å². The summed E-state index contributed by atoms with van der Waals surface area (Å²) in [6, 6.07) is 6.73. The van der Waals surface area contributed by atoms with E-state index in [4.69, 9.17) is 9.73 Å². The second-order valence-electron chi connectivity index (χ2n) is 9.37. The van der Waals surface area contributed by atoms with Gasteiger partial charge < -0.3 is 25.4 Å². The van der Waals surface area contributed by atoms with Crippen molar-refractivity contribution >= 4 is 23.5 Å². The van der Waals surface area contributed by atoms with Crippen molar-refractivity contribution in [1.29, 1.82) is 0 Å². The number of carbonyl (C=O) groups is 2. The molecular formula is C23H35N5O4. The highest BCUT2D eigenvalue weighted by molar-refractivity contribution is 5.96. The maximum absolute atomic E-state index is 12.3. The Morgan fingerprint density at radius 2 is 1.97 bits per heavy atom. The van der Waals surface area contributed by atoms with E-state index in [1.54, 1.807) is 18.2 Å². The summed E-state index contributed by atoms with van der Waals surface area (Å²) in [7, 11) is 0. The van der Waals surface area contributed by atoms with Crippen molar-refractivity contribution in [3.05, 3.63) is 29.8 Å². The van der Waals surface area contributed by atoms with Gasteiger partial charge in [0.05, 0.1) is 24.8 Å². The first kappa shape index (κ1) is 24.0. The maximum Gasteiger partial charge on any atom is 0.335 e. The van der Waals surface area contributed by atoms with Gasteiger partial charge in [-0.3, -0.25) is 14.7 Å². The minimum atomic E-state index is -0.964. The predicted molar refractivity (Wildman–Crippen MR) is 124 cm³/mol. The lowest BCUT2D eigenvalue weighted by Crippen LogP contribution is -2.54. The third-order valence-electron chi connectivity index (χ3n) is 5.39. The Morgan fingerprint density at radius 3 is 2.59 bits per heavy atom. The minimum Gasteiger partial charge on any atom is -0.478 e. The normalized spacial score (nSPS) is 20.3. The molecule has 0 saturated carbocycles. The van der Waals surface area contributed by atoms with E-state index < -0.39 is 5.97 Å². The molecule has 2 heterocycles. The van der Waals surface area contributed by atoms with Crippen LogP contribution >= 0.6 is 0 Å². The van der Waals surface area contributed by atoms with Crippen LogP contribution in [-0.4, -0.2) is 90.3 Å². The van der Waals surface area contributed by atoms with Crippen LogP contribution in [0, 0.1) is 0 Å². The second-order valence-corrected chi connectivity index (χ2v) is 9.37. The van der Waals surface area contributed by atoms with Crippen molar-refractivity contribution in [1.82, 2.24) is 15.1 Å². The largest absolute Gasteiger partial charge is 0.478 e. The number of ether oxygens (including phenoxy) is 1. The molecule has 1 aromatic rings. The molecule has 2 fully saturated rings. The van der Waals surface area contributed by atoms with Gasteiger partial charge >= 0.3 is 5.97 Å². The Hall–Kier alpha value is -2.65. The number of carbonyl (C=O) groups excluding carboxylic acids is 1. The molecule has 2 saturated heterocycles. The van der Waals surface area contributed by atoms with Gasteiger partial charge in [-0.25, -0.2) is 4.79 Å². The monoisotopic (exact) mass is 445 g/mol. The SMILES string of the molecule is CC(C)(C)NC(=O)CN1CCN(C(=NC[C@@H]2CCCO2)Nc2cccc(C(=O)O)c2)CC1. The van der Waals surface area contributed by atoms with Crippen LogP contribution in [0.1, 0.15) is 44.0 Å². The number of guanidine groups is 1. The summed E-state index contributed by atoms with van der Waals surface area (Å²) in [4.78, 5) is 32.7. The third kappa shape index (κ3) is 7.49. The Bertz CT molecular complexity index is 822. The number of carboxylic acid groups (broad SMARTS) is 1. The van der Waals surface area contributed by atoms with Crippen LogP contribution in [0.2, 0.25) is 0 Å². The summed E-state index contributed by atoms with van der Waals surface area (Å²) >= 11 is 0. The van der Waals surface area contributed by atoms with Gasteiger partial charge in [0.25, 0.3) is 0 Å². The average molecular weight is 446 g/mol. The van der Waals surface area contributed by atoms with Gasteiger partial charge in [-0.1, -0.05) is 6.07 Å². The van der Waals surface area contributed by atoms with E-state index in [-0.39, 0.29) is 23.1 Å². The number of nitrogens with one attached hydrogen (secondary N) is 2. The number of hydrogen-bond donors (Lipinski definition) is 3. The lowest BCUT2D eigenvalue weighted by molar-refractivity contribution is -0.123. The number of aliphatic imine (C=N–C) groups is 1. The molecule has 9 heteroatoms. The summed E-state index contributed by atoms with van der Waals surface area (Å²) in [6.45, 7) is 10.6. The summed E-state index contributed by atoms with van der Waals surface area (Å²) in [5.41, 5.74) is 0.668. The molecule has 0 aliphatic carbocycles. The summed E-state index contributed by atoms with van der Waals surface area (Å²) in [6.07, 6.45) is 2.18.